The van der Waals surface area contributed by atoms with E-state index in [1.807, 2.05) is 7.05 Å². The first-order valence-corrected chi connectivity index (χ1v) is 12.1. The van der Waals surface area contributed by atoms with Gasteiger partial charge in [0, 0.05) is 48.5 Å². The maximum atomic E-state index is 14.4. The molecule has 0 saturated heterocycles. The number of nitrogens with one attached hydrogen (secondary N) is 3. The number of anilines is 3. The number of ether oxygens (including phenoxy) is 3. The van der Waals surface area contributed by atoms with Crippen LogP contribution in [0, 0.1) is 11.6 Å². The van der Waals surface area contributed by atoms with Gasteiger partial charge in [-0.15, -0.1) is 0 Å². The summed E-state index contributed by atoms with van der Waals surface area (Å²) in [4.78, 5) is 18.4. The third-order valence-electron chi connectivity index (χ3n) is 5.60. The molecule has 0 amide bonds. The van der Waals surface area contributed by atoms with Crippen molar-refractivity contribution in [3.05, 3.63) is 72.2 Å². The first-order chi connectivity index (χ1) is 18.9. The van der Waals surface area contributed by atoms with Gasteiger partial charge in [0.25, 0.3) is 0 Å². The highest BCUT2D eigenvalue weighted by Crippen LogP contribution is 2.36. The number of pyridine rings is 2. The number of rotatable bonds is 11. The minimum absolute atomic E-state index is 0.233. The van der Waals surface area contributed by atoms with E-state index in [2.05, 4.69) is 25.9 Å². The van der Waals surface area contributed by atoms with Crippen LogP contribution in [0.5, 0.6) is 17.2 Å². The molecule has 0 bridgehead atoms. The average molecular weight is 540 g/mol. The Morgan fingerprint density at radius 3 is 2.31 bits per heavy atom. The number of fused-ring (bicyclic) bond motifs is 1. The second-order valence-electron chi connectivity index (χ2n) is 8.11. The van der Waals surface area contributed by atoms with Crippen LogP contribution in [0.15, 0.2) is 55.0 Å². The van der Waals surface area contributed by atoms with Crippen molar-refractivity contribution in [2.24, 2.45) is 0 Å². The van der Waals surface area contributed by atoms with Crippen LogP contribution in [0.1, 0.15) is 16.8 Å². The minimum Gasteiger partial charge on any atom is -0.496 e. The largest absolute Gasteiger partial charge is 0.496 e. The lowest BCUT2D eigenvalue weighted by molar-refractivity contribution is 0.112. The molecule has 0 aliphatic carbocycles. The fraction of sp³-hybridized carbons (Fsp3) is 0.250. The molecule has 0 aliphatic rings. The topological polar surface area (TPSA) is 107 Å². The molecule has 2 heterocycles. The van der Waals surface area contributed by atoms with E-state index in [1.54, 1.807) is 50.8 Å². The highest BCUT2D eigenvalue weighted by Gasteiger charge is 2.15. The van der Waals surface area contributed by atoms with Crippen molar-refractivity contribution < 1.29 is 27.8 Å². The zero-order valence-electron chi connectivity index (χ0n) is 22.2. The normalized spacial score (nSPS) is 10.3. The van der Waals surface area contributed by atoms with Gasteiger partial charge in [0.2, 0.25) is 0 Å². The maximum Gasteiger partial charge on any atom is 0.163 e. The predicted molar refractivity (Wildman–Crippen MR) is 148 cm³/mol. The first kappa shape index (κ1) is 29.1. The third-order valence-corrected chi connectivity index (χ3v) is 5.60. The standard InChI is InChI=1S/C21H24F2N4O2.C7H7NO2/c1-24-6-4-8-29-20-12-18-14(11-19(20)28-3)17(5-7-26-18)27-21-15(22)9-13(25-2)10-16(21)23;1-10-7-2-3-8-4-6(7)5-9/h5,7,9-12,24-25H,4,6,8H2,1-3H3,(H,26,27);2-5H,1H3. The molecule has 4 aromatic rings. The lowest BCUT2D eigenvalue weighted by Crippen LogP contribution is -2.11. The van der Waals surface area contributed by atoms with Gasteiger partial charge in [0.1, 0.15) is 11.4 Å². The molecular formula is C28H31F2N5O4. The summed E-state index contributed by atoms with van der Waals surface area (Å²) in [6.45, 7) is 1.36. The summed E-state index contributed by atoms with van der Waals surface area (Å²) in [5.41, 5.74) is 1.72. The van der Waals surface area contributed by atoms with Crippen molar-refractivity contribution in [1.82, 2.24) is 15.3 Å². The average Bonchev–Trinajstić information content (AvgIpc) is 2.96. The van der Waals surface area contributed by atoms with Crippen molar-refractivity contribution in [3.8, 4) is 17.2 Å². The molecule has 0 unspecified atom stereocenters. The van der Waals surface area contributed by atoms with Crippen LogP contribution < -0.4 is 30.2 Å². The number of benzene rings is 2. The molecule has 2 aromatic carbocycles. The van der Waals surface area contributed by atoms with Crippen LogP contribution in [0.2, 0.25) is 0 Å². The SMILES string of the molecule is CNCCCOc1cc2nccc(Nc3c(F)cc(NC)cc3F)c2cc1OC.COc1ccncc1C=O. The highest BCUT2D eigenvalue weighted by molar-refractivity contribution is 5.95. The van der Waals surface area contributed by atoms with Gasteiger partial charge in [-0.3, -0.25) is 14.8 Å². The molecule has 0 atom stereocenters. The molecule has 3 N–H and O–H groups in total. The smallest absolute Gasteiger partial charge is 0.163 e. The molecule has 9 nitrogen and oxygen atoms in total. The Hall–Kier alpha value is -4.51. The fourth-order valence-corrected chi connectivity index (χ4v) is 3.61. The number of methoxy groups -OCH3 is 2. The molecule has 2 aromatic heterocycles. The van der Waals surface area contributed by atoms with Gasteiger partial charge in [-0.1, -0.05) is 0 Å². The Kier molecular flexibility index (Phi) is 10.8. The van der Waals surface area contributed by atoms with Crippen LogP contribution in [0.25, 0.3) is 10.9 Å². The summed E-state index contributed by atoms with van der Waals surface area (Å²) in [6, 6.07) is 9.26. The van der Waals surface area contributed by atoms with Gasteiger partial charge in [0.05, 0.1) is 31.9 Å². The molecule has 0 saturated carbocycles. The lowest BCUT2D eigenvalue weighted by Gasteiger charge is -2.15. The van der Waals surface area contributed by atoms with Gasteiger partial charge in [-0.25, -0.2) is 8.78 Å². The number of nitrogens with zero attached hydrogens (tertiary/aromatic N) is 2. The van der Waals surface area contributed by atoms with Crippen LogP contribution in [-0.2, 0) is 0 Å². The summed E-state index contributed by atoms with van der Waals surface area (Å²) < 4.78 is 44.9. The summed E-state index contributed by atoms with van der Waals surface area (Å²) in [7, 11) is 6.54. The minimum atomic E-state index is -0.698. The number of aldehydes is 1. The maximum absolute atomic E-state index is 14.4. The summed E-state index contributed by atoms with van der Waals surface area (Å²) in [5, 5.41) is 9.28. The van der Waals surface area contributed by atoms with Crippen LogP contribution >= 0.6 is 0 Å². The molecular weight excluding hydrogens is 508 g/mol. The van der Waals surface area contributed by atoms with Crippen LogP contribution in [-0.4, -0.2) is 57.7 Å². The zero-order valence-corrected chi connectivity index (χ0v) is 22.2. The molecule has 0 spiro atoms. The first-order valence-electron chi connectivity index (χ1n) is 12.1. The lowest BCUT2D eigenvalue weighted by atomic mass is 10.1. The Morgan fingerprint density at radius 2 is 1.69 bits per heavy atom. The van der Waals surface area contributed by atoms with E-state index >= 15 is 0 Å². The van der Waals surface area contributed by atoms with Crippen molar-refractivity contribution in [3.63, 3.8) is 0 Å². The highest BCUT2D eigenvalue weighted by atomic mass is 19.1. The second kappa shape index (κ2) is 14.4. The number of hydrogen-bond acceptors (Lipinski definition) is 9. The van der Waals surface area contributed by atoms with Gasteiger partial charge in [-0.2, -0.15) is 0 Å². The van der Waals surface area contributed by atoms with Gasteiger partial charge >= 0.3 is 0 Å². The van der Waals surface area contributed by atoms with Crippen LogP contribution in [0.4, 0.5) is 25.8 Å². The van der Waals surface area contributed by atoms with Crippen molar-refractivity contribution in [2.75, 3.05) is 52.1 Å². The molecule has 206 valence electrons. The molecule has 0 fully saturated rings. The summed E-state index contributed by atoms with van der Waals surface area (Å²) in [5.74, 6) is 0.248. The number of carbonyl (C=O) groups is 1. The number of hydrogen-bond donors (Lipinski definition) is 3. The summed E-state index contributed by atoms with van der Waals surface area (Å²) in [6.07, 6.45) is 6.16. The predicted octanol–water partition coefficient (Wildman–Crippen LogP) is 5.20. The Labute approximate surface area is 225 Å². The number of halogens is 2. The Morgan fingerprint density at radius 1 is 0.949 bits per heavy atom. The summed E-state index contributed by atoms with van der Waals surface area (Å²) >= 11 is 0. The zero-order chi connectivity index (χ0) is 28.2. The monoisotopic (exact) mass is 539 g/mol. The van der Waals surface area contributed by atoms with Gasteiger partial charge in [-0.05, 0) is 50.3 Å². The molecule has 0 aliphatic heterocycles. The van der Waals surface area contributed by atoms with E-state index in [-0.39, 0.29) is 5.69 Å². The Bertz CT molecular complexity index is 1380. The molecule has 4 rings (SSSR count). The molecule has 0 radical (unpaired) electrons. The molecule has 39 heavy (non-hydrogen) atoms. The Balaban J connectivity index is 0.000000353. The van der Waals surface area contributed by atoms with E-state index in [0.717, 1.165) is 13.0 Å². The van der Waals surface area contributed by atoms with Crippen molar-refractivity contribution in [2.45, 2.75) is 6.42 Å². The number of aromatic nitrogens is 2. The molecule has 11 heteroatoms. The quantitative estimate of drug-likeness (QED) is 0.175. The van der Waals surface area contributed by atoms with E-state index in [1.165, 1.54) is 25.4 Å². The second-order valence-corrected chi connectivity index (χ2v) is 8.11. The fourth-order valence-electron chi connectivity index (χ4n) is 3.61. The number of carbonyl (C=O) groups excluding carboxylic acids is 1. The van der Waals surface area contributed by atoms with E-state index in [0.29, 0.717) is 58.0 Å². The van der Waals surface area contributed by atoms with Gasteiger partial charge < -0.3 is 30.2 Å². The van der Waals surface area contributed by atoms with Gasteiger partial charge in [0.15, 0.2) is 29.4 Å². The van der Waals surface area contributed by atoms with Crippen molar-refractivity contribution >= 4 is 34.3 Å². The van der Waals surface area contributed by atoms with E-state index in [4.69, 9.17) is 14.2 Å². The van der Waals surface area contributed by atoms with Crippen LogP contribution in [0.3, 0.4) is 0 Å². The third kappa shape index (κ3) is 7.51. The van der Waals surface area contributed by atoms with Crippen molar-refractivity contribution in [1.29, 1.82) is 0 Å². The van der Waals surface area contributed by atoms with E-state index < -0.39 is 11.6 Å². The van der Waals surface area contributed by atoms with E-state index in [9.17, 15) is 13.6 Å².